The van der Waals surface area contributed by atoms with Gasteiger partial charge in [-0.3, -0.25) is 5.43 Å². The number of aryl methyl sites for hydroxylation is 3. The molecule has 0 heterocycles. The van der Waals surface area contributed by atoms with Gasteiger partial charge in [-0.25, -0.2) is 0 Å². The molecule has 0 saturated heterocycles. The van der Waals surface area contributed by atoms with E-state index in [9.17, 15) is 0 Å². The number of rotatable bonds is 4. The highest BCUT2D eigenvalue weighted by atomic mass is 15.3. The lowest BCUT2D eigenvalue weighted by molar-refractivity contribution is 0.933. The van der Waals surface area contributed by atoms with Crippen LogP contribution in [-0.2, 0) is 0 Å². The highest BCUT2D eigenvalue weighted by Crippen LogP contribution is 2.43. The SMILES string of the molecule is CC1=C(C)C(c2ccccc2C=NNc2c(C)cc(C)cc2C)C(C)=C1C. The van der Waals surface area contributed by atoms with Crippen LogP contribution in [0.4, 0.5) is 5.69 Å². The third kappa shape index (κ3) is 3.62. The average molecular weight is 359 g/mol. The Labute approximate surface area is 163 Å². The Morgan fingerprint density at radius 3 is 1.96 bits per heavy atom. The Morgan fingerprint density at radius 1 is 0.815 bits per heavy atom. The molecule has 2 nitrogen and oxygen atoms in total. The van der Waals surface area contributed by atoms with E-state index in [1.807, 2.05) is 6.21 Å². The summed E-state index contributed by atoms with van der Waals surface area (Å²) >= 11 is 0. The number of nitrogens with one attached hydrogen (secondary N) is 1. The van der Waals surface area contributed by atoms with Crippen molar-refractivity contribution in [2.75, 3.05) is 5.43 Å². The second-order valence-electron chi connectivity index (χ2n) is 7.82. The normalized spacial score (nSPS) is 15.4. The van der Waals surface area contributed by atoms with Crippen molar-refractivity contribution >= 4 is 11.9 Å². The number of hydrazone groups is 1. The van der Waals surface area contributed by atoms with Gasteiger partial charge in [0.15, 0.2) is 0 Å². The van der Waals surface area contributed by atoms with E-state index in [4.69, 9.17) is 0 Å². The van der Waals surface area contributed by atoms with E-state index in [-0.39, 0.29) is 0 Å². The van der Waals surface area contributed by atoms with Crippen LogP contribution in [0.15, 0.2) is 63.8 Å². The number of hydrogen-bond acceptors (Lipinski definition) is 2. The summed E-state index contributed by atoms with van der Waals surface area (Å²) in [6, 6.07) is 13.0. The van der Waals surface area contributed by atoms with Crippen molar-refractivity contribution < 1.29 is 0 Å². The first-order valence-electron chi connectivity index (χ1n) is 9.62. The van der Waals surface area contributed by atoms with Crippen LogP contribution in [0.1, 0.15) is 61.4 Å². The molecule has 27 heavy (non-hydrogen) atoms. The van der Waals surface area contributed by atoms with E-state index >= 15 is 0 Å². The zero-order chi connectivity index (χ0) is 19.7. The maximum absolute atomic E-state index is 4.58. The van der Waals surface area contributed by atoms with Crippen molar-refractivity contribution in [2.24, 2.45) is 5.10 Å². The number of nitrogens with zero attached hydrogens (tertiary/aromatic N) is 1. The van der Waals surface area contributed by atoms with Crippen molar-refractivity contribution in [1.29, 1.82) is 0 Å². The summed E-state index contributed by atoms with van der Waals surface area (Å²) < 4.78 is 0. The fourth-order valence-corrected chi connectivity index (χ4v) is 4.23. The van der Waals surface area contributed by atoms with E-state index < -0.39 is 0 Å². The lowest BCUT2D eigenvalue weighted by Crippen LogP contribution is -2.04. The number of anilines is 1. The van der Waals surface area contributed by atoms with Gasteiger partial charge in [-0.2, -0.15) is 5.10 Å². The molecule has 0 bridgehead atoms. The molecule has 1 aliphatic rings. The monoisotopic (exact) mass is 358 g/mol. The van der Waals surface area contributed by atoms with Crippen LogP contribution in [0.5, 0.6) is 0 Å². The van der Waals surface area contributed by atoms with Gasteiger partial charge in [-0.05, 0) is 81.9 Å². The van der Waals surface area contributed by atoms with Gasteiger partial charge in [0, 0.05) is 5.92 Å². The van der Waals surface area contributed by atoms with Crippen molar-refractivity contribution in [3.63, 3.8) is 0 Å². The highest BCUT2D eigenvalue weighted by Gasteiger charge is 2.26. The fourth-order valence-electron chi connectivity index (χ4n) is 4.23. The molecule has 1 N–H and O–H groups in total. The first-order chi connectivity index (χ1) is 12.8. The third-order valence-corrected chi connectivity index (χ3v) is 5.98. The van der Waals surface area contributed by atoms with Crippen LogP contribution in [0.2, 0.25) is 0 Å². The maximum atomic E-state index is 4.58. The lowest BCUT2D eigenvalue weighted by Gasteiger charge is -2.18. The van der Waals surface area contributed by atoms with Crippen molar-refractivity contribution in [1.82, 2.24) is 0 Å². The Kier molecular flexibility index (Phi) is 5.36. The predicted octanol–water partition coefficient (Wildman–Crippen LogP) is 6.83. The molecule has 3 rings (SSSR count). The predicted molar refractivity (Wildman–Crippen MR) is 118 cm³/mol. The molecule has 0 fully saturated rings. The van der Waals surface area contributed by atoms with Crippen LogP contribution in [-0.4, -0.2) is 6.21 Å². The van der Waals surface area contributed by atoms with Gasteiger partial charge in [0.1, 0.15) is 0 Å². The molecule has 140 valence electrons. The molecular weight excluding hydrogens is 328 g/mol. The van der Waals surface area contributed by atoms with Gasteiger partial charge in [-0.1, -0.05) is 53.1 Å². The molecule has 0 unspecified atom stereocenters. The maximum Gasteiger partial charge on any atom is 0.0620 e. The molecule has 2 aromatic rings. The van der Waals surface area contributed by atoms with Crippen LogP contribution < -0.4 is 5.43 Å². The Hall–Kier alpha value is -2.61. The topological polar surface area (TPSA) is 24.4 Å². The zero-order valence-corrected chi connectivity index (χ0v) is 17.6. The van der Waals surface area contributed by atoms with E-state index in [1.165, 1.54) is 50.1 Å². The van der Waals surface area contributed by atoms with Crippen molar-refractivity contribution in [3.05, 3.63) is 86.5 Å². The summed E-state index contributed by atoms with van der Waals surface area (Å²) in [6.07, 6.45) is 1.96. The number of hydrogen-bond donors (Lipinski definition) is 1. The molecule has 0 radical (unpaired) electrons. The second-order valence-corrected chi connectivity index (χ2v) is 7.82. The van der Waals surface area contributed by atoms with Gasteiger partial charge in [0.2, 0.25) is 0 Å². The minimum atomic E-state index is 0.357. The minimum Gasteiger partial charge on any atom is -0.278 e. The molecule has 0 atom stereocenters. The molecule has 0 aliphatic heterocycles. The minimum absolute atomic E-state index is 0.357. The number of allylic oxidation sites excluding steroid dienone is 4. The van der Waals surface area contributed by atoms with Gasteiger partial charge in [0.05, 0.1) is 11.9 Å². The standard InChI is InChI=1S/C25H30N2/c1-15-12-16(2)25(17(3)13-15)27-26-14-22-10-8-9-11-23(22)24-20(6)18(4)19(5)21(24)7/h8-14,24,27H,1-7H3. The van der Waals surface area contributed by atoms with Crippen molar-refractivity contribution in [3.8, 4) is 0 Å². The third-order valence-electron chi connectivity index (χ3n) is 5.98. The fraction of sp³-hybridized carbons (Fsp3) is 0.320. The summed E-state index contributed by atoms with van der Waals surface area (Å²) in [6.45, 7) is 15.3. The lowest BCUT2D eigenvalue weighted by atomic mass is 9.86. The largest absolute Gasteiger partial charge is 0.278 e. The van der Waals surface area contributed by atoms with Crippen LogP contribution in [0.25, 0.3) is 0 Å². The highest BCUT2D eigenvalue weighted by molar-refractivity contribution is 5.83. The smallest absolute Gasteiger partial charge is 0.0620 e. The van der Waals surface area contributed by atoms with Gasteiger partial charge >= 0.3 is 0 Å². The molecule has 2 aromatic carbocycles. The van der Waals surface area contributed by atoms with Gasteiger partial charge < -0.3 is 0 Å². The van der Waals surface area contributed by atoms with Crippen LogP contribution in [0.3, 0.4) is 0 Å². The quantitative estimate of drug-likeness (QED) is 0.470. The number of benzene rings is 2. The molecule has 2 heteroatoms. The summed E-state index contributed by atoms with van der Waals surface area (Å²) in [5.74, 6) is 0.357. The first kappa shape index (κ1) is 19.2. The van der Waals surface area contributed by atoms with Crippen molar-refractivity contribution in [2.45, 2.75) is 54.4 Å². The second kappa shape index (κ2) is 7.56. The van der Waals surface area contributed by atoms with Gasteiger partial charge in [0.25, 0.3) is 0 Å². The molecular formula is C25H30N2. The summed E-state index contributed by atoms with van der Waals surface area (Å²) in [5, 5.41) is 4.58. The Bertz CT molecular complexity index is 927. The van der Waals surface area contributed by atoms with E-state index in [1.54, 1.807) is 0 Å². The zero-order valence-electron chi connectivity index (χ0n) is 17.6. The molecule has 0 saturated carbocycles. The average Bonchev–Trinajstić information content (AvgIpc) is 2.81. The Balaban J connectivity index is 1.91. The summed E-state index contributed by atoms with van der Waals surface area (Å²) in [5.41, 5.74) is 16.3. The molecule has 0 aromatic heterocycles. The Morgan fingerprint density at radius 2 is 1.37 bits per heavy atom. The summed E-state index contributed by atoms with van der Waals surface area (Å²) in [4.78, 5) is 0. The molecule has 0 spiro atoms. The first-order valence-corrected chi connectivity index (χ1v) is 9.62. The van der Waals surface area contributed by atoms with E-state index in [0.717, 1.165) is 5.69 Å². The van der Waals surface area contributed by atoms with E-state index in [0.29, 0.717) is 5.92 Å². The van der Waals surface area contributed by atoms with E-state index in [2.05, 4.69) is 95.4 Å². The van der Waals surface area contributed by atoms with Gasteiger partial charge in [-0.15, -0.1) is 0 Å². The van der Waals surface area contributed by atoms with Crippen LogP contribution >= 0.6 is 0 Å². The summed E-state index contributed by atoms with van der Waals surface area (Å²) in [7, 11) is 0. The van der Waals surface area contributed by atoms with Crippen LogP contribution in [0, 0.1) is 20.8 Å². The molecule has 0 amide bonds. The molecule has 1 aliphatic carbocycles.